The summed E-state index contributed by atoms with van der Waals surface area (Å²) in [6, 6.07) is 48.3. The number of hydrogen-bond donors (Lipinski definition) is 0. The van der Waals surface area contributed by atoms with E-state index in [4.69, 9.17) is 14.4 Å². The molecule has 0 bridgehead atoms. The van der Waals surface area contributed by atoms with Gasteiger partial charge < -0.3 is 9.32 Å². The first-order chi connectivity index (χ1) is 29.2. The maximum Gasteiger partial charge on any atom is 0.161 e. The number of amidine groups is 2. The molecule has 0 amide bonds. The zero-order valence-electron chi connectivity index (χ0n) is 32.7. The molecule has 0 aliphatic heterocycles. The number of allylic oxidation sites excluding steroid dienone is 10. The van der Waals surface area contributed by atoms with E-state index in [0.717, 1.165) is 62.9 Å². The molecule has 0 radical (unpaired) electrons. The van der Waals surface area contributed by atoms with E-state index in [-0.39, 0.29) is 5.92 Å². The third-order valence-corrected chi connectivity index (χ3v) is 11.5. The van der Waals surface area contributed by atoms with Crippen molar-refractivity contribution in [2.75, 3.05) is 4.90 Å². The molecule has 0 saturated carbocycles. The van der Waals surface area contributed by atoms with Crippen molar-refractivity contribution in [1.29, 1.82) is 0 Å². The predicted molar refractivity (Wildman–Crippen MR) is 246 cm³/mol. The number of nitrogens with zero attached hydrogens (tertiary/aromatic N) is 4. The SMILES string of the molecule is C=N/C(=N\C(=N/Cc1ccccc1)c1ccccc1)c1cccc2oc3cc(C4C=C(N(C5=C6C=CC=CC6CC=C5)c5ccc6ccccc6c5)C=CC4)ccc3c12. The summed E-state index contributed by atoms with van der Waals surface area (Å²) >= 11 is 0. The Kier molecular flexibility index (Phi) is 9.69. The van der Waals surface area contributed by atoms with E-state index in [2.05, 4.69) is 144 Å². The molecule has 2 unspecified atom stereocenters. The number of furan rings is 1. The molecule has 10 rings (SSSR count). The molecule has 1 heterocycles. The topological polar surface area (TPSA) is 53.5 Å². The van der Waals surface area contributed by atoms with Gasteiger partial charge in [-0.25, -0.2) is 9.98 Å². The number of fused-ring (bicyclic) bond motifs is 5. The van der Waals surface area contributed by atoms with E-state index < -0.39 is 0 Å². The lowest BCUT2D eigenvalue weighted by molar-refractivity contribution is 0.667. The Labute approximate surface area is 344 Å². The van der Waals surface area contributed by atoms with Gasteiger partial charge in [-0.1, -0.05) is 158 Å². The van der Waals surface area contributed by atoms with Crippen molar-refractivity contribution in [3.63, 3.8) is 0 Å². The molecule has 5 nitrogen and oxygen atoms in total. The summed E-state index contributed by atoms with van der Waals surface area (Å²) in [5.41, 5.74) is 10.5. The molecule has 0 N–H and O–H groups in total. The second-order valence-electron chi connectivity index (χ2n) is 15.2. The fourth-order valence-corrected chi connectivity index (χ4v) is 8.55. The quantitative estimate of drug-likeness (QED) is 0.114. The van der Waals surface area contributed by atoms with Crippen LogP contribution in [-0.4, -0.2) is 18.4 Å². The third-order valence-electron chi connectivity index (χ3n) is 11.5. The van der Waals surface area contributed by atoms with Gasteiger partial charge in [-0.05, 0) is 83.4 Å². The molecule has 284 valence electrons. The van der Waals surface area contributed by atoms with Crippen LogP contribution in [0.15, 0.2) is 231 Å². The van der Waals surface area contributed by atoms with Gasteiger partial charge in [0.05, 0.1) is 6.54 Å². The maximum absolute atomic E-state index is 6.63. The summed E-state index contributed by atoms with van der Waals surface area (Å²) in [6.07, 6.45) is 22.5. The summed E-state index contributed by atoms with van der Waals surface area (Å²) in [5.74, 6) is 1.60. The van der Waals surface area contributed by atoms with E-state index in [9.17, 15) is 0 Å². The zero-order valence-corrected chi connectivity index (χ0v) is 32.7. The van der Waals surface area contributed by atoms with Crippen LogP contribution < -0.4 is 4.90 Å². The Bertz CT molecular complexity index is 2990. The minimum Gasteiger partial charge on any atom is -0.456 e. The minimum atomic E-state index is 0.145. The summed E-state index contributed by atoms with van der Waals surface area (Å²) in [7, 11) is 0. The van der Waals surface area contributed by atoms with Gasteiger partial charge in [0.25, 0.3) is 0 Å². The predicted octanol–water partition coefficient (Wildman–Crippen LogP) is 13.2. The number of aliphatic imine (C=N–C) groups is 3. The van der Waals surface area contributed by atoms with Crippen LogP contribution in [0.5, 0.6) is 0 Å². The van der Waals surface area contributed by atoms with Gasteiger partial charge >= 0.3 is 0 Å². The molecule has 6 aromatic carbocycles. The van der Waals surface area contributed by atoms with Crippen molar-refractivity contribution in [3.05, 3.63) is 233 Å². The van der Waals surface area contributed by atoms with Crippen molar-refractivity contribution in [1.82, 2.24) is 0 Å². The Morgan fingerprint density at radius 1 is 0.678 bits per heavy atom. The van der Waals surface area contributed by atoms with Gasteiger partial charge in [0.1, 0.15) is 11.2 Å². The second-order valence-corrected chi connectivity index (χ2v) is 15.2. The Morgan fingerprint density at radius 3 is 2.34 bits per heavy atom. The van der Waals surface area contributed by atoms with Crippen molar-refractivity contribution in [2.24, 2.45) is 20.9 Å². The average molecular weight is 763 g/mol. The normalized spacial score (nSPS) is 17.8. The van der Waals surface area contributed by atoms with Crippen LogP contribution >= 0.6 is 0 Å². The molecular weight excluding hydrogens is 721 g/mol. The van der Waals surface area contributed by atoms with Crippen LogP contribution in [0, 0.1) is 5.92 Å². The molecule has 7 aromatic rings. The molecule has 3 aliphatic rings. The lowest BCUT2D eigenvalue weighted by Crippen LogP contribution is -2.26. The summed E-state index contributed by atoms with van der Waals surface area (Å²) in [4.78, 5) is 16.9. The van der Waals surface area contributed by atoms with Gasteiger partial charge in [0, 0.05) is 50.8 Å². The van der Waals surface area contributed by atoms with Gasteiger partial charge in [-0.2, -0.15) is 0 Å². The number of hydrogen-bond acceptors (Lipinski definition) is 3. The zero-order chi connectivity index (χ0) is 39.5. The highest BCUT2D eigenvalue weighted by Gasteiger charge is 2.26. The number of anilines is 1. The van der Waals surface area contributed by atoms with Crippen molar-refractivity contribution in [3.8, 4) is 0 Å². The molecule has 2 atom stereocenters. The van der Waals surface area contributed by atoms with Gasteiger partial charge in [0.2, 0.25) is 0 Å². The van der Waals surface area contributed by atoms with Crippen molar-refractivity contribution >= 4 is 56.8 Å². The molecular formula is C54H42N4O. The molecule has 0 spiro atoms. The smallest absolute Gasteiger partial charge is 0.161 e. The Balaban J connectivity index is 1.03. The first kappa shape index (κ1) is 36.0. The van der Waals surface area contributed by atoms with Crippen LogP contribution in [0.3, 0.4) is 0 Å². The summed E-state index contributed by atoms with van der Waals surface area (Å²) in [6.45, 7) is 4.46. The van der Waals surface area contributed by atoms with E-state index in [1.165, 1.54) is 27.6 Å². The van der Waals surface area contributed by atoms with Gasteiger partial charge in [0.15, 0.2) is 11.7 Å². The fourth-order valence-electron chi connectivity index (χ4n) is 8.55. The monoisotopic (exact) mass is 762 g/mol. The second kappa shape index (κ2) is 15.9. The summed E-state index contributed by atoms with van der Waals surface area (Å²) < 4.78 is 6.63. The highest BCUT2D eigenvalue weighted by atomic mass is 16.3. The van der Waals surface area contributed by atoms with E-state index in [1.807, 2.05) is 66.7 Å². The molecule has 1 aromatic heterocycles. The molecule has 59 heavy (non-hydrogen) atoms. The highest BCUT2D eigenvalue weighted by molar-refractivity contribution is 6.21. The van der Waals surface area contributed by atoms with Crippen LogP contribution in [0.1, 0.15) is 41.0 Å². The molecule has 5 heteroatoms. The van der Waals surface area contributed by atoms with Crippen LogP contribution in [0.25, 0.3) is 32.7 Å². The third kappa shape index (κ3) is 7.13. The molecule has 3 aliphatic carbocycles. The summed E-state index contributed by atoms with van der Waals surface area (Å²) in [5, 5.41) is 4.42. The maximum atomic E-state index is 6.63. The van der Waals surface area contributed by atoms with Crippen molar-refractivity contribution < 1.29 is 4.42 Å². The lowest BCUT2D eigenvalue weighted by Gasteiger charge is -2.34. The Morgan fingerprint density at radius 2 is 1.47 bits per heavy atom. The molecule has 0 saturated heterocycles. The van der Waals surface area contributed by atoms with Gasteiger partial charge in [-0.15, -0.1) is 0 Å². The van der Waals surface area contributed by atoms with E-state index in [1.54, 1.807) is 0 Å². The van der Waals surface area contributed by atoms with E-state index >= 15 is 0 Å². The molecule has 0 fully saturated rings. The van der Waals surface area contributed by atoms with Crippen LogP contribution in [-0.2, 0) is 6.54 Å². The minimum absolute atomic E-state index is 0.145. The number of benzene rings is 6. The Hall–Kier alpha value is -7.37. The van der Waals surface area contributed by atoms with Gasteiger partial charge in [-0.3, -0.25) is 4.99 Å². The standard InChI is InChI=1S/C54H42N4O/c1-55-54(57-53(40-19-6-3-7-20-40)56-36-37-15-4-2-5-16-37)48-26-14-28-50-52(48)47-32-30-43(35-51(47)59-50)42-23-12-24-44(34-42)58(45-31-29-38-17-8-9-21-41(38)33-45)49-27-13-22-39-18-10-11-25-46(39)49/h2-21,24-35,39,42H,1,22-23,36H2/b56-53-,57-54-. The van der Waals surface area contributed by atoms with Crippen molar-refractivity contribution in [2.45, 2.75) is 25.3 Å². The van der Waals surface area contributed by atoms with E-state index in [0.29, 0.717) is 24.1 Å². The highest BCUT2D eigenvalue weighted by Crippen LogP contribution is 2.41. The van der Waals surface area contributed by atoms with Crippen LogP contribution in [0.2, 0.25) is 0 Å². The lowest BCUT2D eigenvalue weighted by atomic mass is 9.85. The number of rotatable bonds is 8. The van der Waals surface area contributed by atoms with Crippen LogP contribution in [0.4, 0.5) is 5.69 Å². The first-order valence-electron chi connectivity index (χ1n) is 20.3. The average Bonchev–Trinajstić information content (AvgIpc) is 3.68. The fraction of sp³-hybridized carbons (Fsp3) is 0.0926. The largest absolute Gasteiger partial charge is 0.456 e. The first-order valence-corrected chi connectivity index (χ1v) is 20.3.